The van der Waals surface area contributed by atoms with E-state index in [-0.39, 0.29) is 24.3 Å². The molecule has 8 atom stereocenters. The predicted molar refractivity (Wildman–Crippen MR) is 145 cm³/mol. The lowest BCUT2D eigenvalue weighted by molar-refractivity contribution is -0.338. The number of rotatable bonds is 10. The van der Waals surface area contributed by atoms with E-state index in [0.717, 1.165) is 31.3 Å². The topological polar surface area (TPSA) is 196 Å². The molecule has 42 heavy (non-hydrogen) atoms. The fourth-order valence-electron chi connectivity index (χ4n) is 5.58. The average molecular weight is 594 g/mol. The lowest BCUT2D eigenvalue weighted by atomic mass is 9.81. The van der Waals surface area contributed by atoms with Gasteiger partial charge < -0.3 is 54.5 Å². The van der Waals surface area contributed by atoms with Gasteiger partial charge in [-0.05, 0) is 37.3 Å². The third kappa shape index (κ3) is 7.29. The van der Waals surface area contributed by atoms with Crippen molar-refractivity contribution in [1.29, 1.82) is 0 Å². The van der Waals surface area contributed by atoms with E-state index in [2.05, 4.69) is 0 Å². The molecule has 1 aliphatic carbocycles. The van der Waals surface area contributed by atoms with Gasteiger partial charge in [0.25, 0.3) is 0 Å². The number of carbonyl (C=O) groups is 2. The molecular formula is C29H39NO12. The second-order valence-corrected chi connectivity index (χ2v) is 10.7. The van der Waals surface area contributed by atoms with Crippen molar-refractivity contribution >= 4 is 11.9 Å². The van der Waals surface area contributed by atoms with E-state index in [9.17, 15) is 40.2 Å². The lowest BCUT2D eigenvalue weighted by Gasteiger charge is -2.42. The Balaban J connectivity index is 1.69. The minimum absolute atomic E-state index is 0.0403. The number of carbonyl (C=O) groups excluding carboxylic acids is 1. The first-order chi connectivity index (χ1) is 20.2. The molecule has 4 rings (SSSR count). The summed E-state index contributed by atoms with van der Waals surface area (Å²) >= 11 is 0. The third-order valence-electron chi connectivity index (χ3n) is 7.83. The van der Waals surface area contributed by atoms with Crippen LogP contribution >= 0.6 is 0 Å². The van der Waals surface area contributed by atoms with Crippen LogP contribution in [-0.4, -0.2) is 118 Å². The molecule has 2 fully saturated rings. The Morgan fingerprint density at radius 2 is 1.83 bits per heavy atom. The van der Waals surface area contributed by atoms with Crippen LogP contribution in [0.3, 0.4) is 0 Å². The van der Waals surface area contributed by atoms with Crippen molar-refractivity contribution in [2.24, 2.45) is 11.8 Å². The Kier molecular flexibility index (Phi) is 11.0. The minimum Gasteiger partial charge on any atom is -0.478 e. The van der Waals surface area contributed by atoms with Crippen LogP contribution in [0.4, 0.5) is 0 Å². The van der Waals surface area contributed by atoms with E-state index in [1.807, 2.05) is 6.08 Å². The molecule has 0 bridgehead atoms. The summed E-state index contributed by atoms with van der Waals surface area (Å²) in [5.41, 5.74) is 1.97. The SMILES string of the molecule is COC(=O)C1=CO[C@@H](O[C@@H]2O[C@H](CO)[C@@H](O)[C@H](O)[C@H]2O)[C@H](C=C2CCCC2)[C@@H]1/C=C/C1=CC(C(=O)O)=CN(CCO)C1. The number of allylic oxidation sites excluding steroid dienone is 2. The number of hydrogen-bond donors (Lipinski definition) is 6. The lowest BCUT2D eigenvalue weighted by Crippen LogP contribution is -2.60. The summed E-state index contributed by atoms with van der Waals surface area (Å²) in [6.45, 7) is -0.236. The van der Waals surface area contributed by atoms with Gasteiger partial charge in [0.1, 0.15) is 24.4 Å². The van der Waals surface area contributed by atoms with Gasteiger partial charge in [0.2, 0.25) is 6.29 Å². The first kappa shape index (κ1) is 31.9. The molecule has 0 unspecified atom stereocenters. The summed E-state index contributed by atoms with van der Waals surface area (Å²) in [6.07, 6.45) is 4.61. The monoisotopic (exact) mass is 593 g/mol. The van der Waals surface area contributed by atoms with E-state index in [1.54, 1.807) is 17.1 Å². The summed E-state index contributed by atoms with van der Waals surface area (Å²) in [5.74, 6) is -3.09. The summed E-state index contributed by atoms with van der Waals surface area (Å²) < 4.78 is 22.4. The van der Waals surface area contributed by atoms with Crippen LogP contribution in [0.5, 0.6) is 0 Å². The van der Waals surface area contributed by atoms with Crippen LogP contribution in [0.2, 0.25) is 0 Å². The smallest absolute Gasteiger partial charge is 0.337 e. The minimum atomic E-state index is -1.66. The molecule has 1 saturated carbocycles. The van der Waals surface area contributed by atoms with Crippen LogP contribution < -0.4 is 0 Å². The van der Waals surface area contributed by atoms with E-state index in [1.165, 1.54) is 25.6 Å². The number of methoxy groups -OCH3 is 1. The van der Waals surface area contributed by atoms with Crippen molar-refractivity contribution in [3.05, 3.63) is 59.1 Å². The van der Waals surface area contributed by atoms with Gasteiger partial charge in [-0.2, -0.15) is 0 Å². The summed E-state index contributed by atoms with van der Waals surface area (Å²) in [4.78, 5) is 26.2. The van der Waals surface area contributed by atoms with Crippen LogP contribution in [0.15, 0.2) is 59.1 Å². The highest BCUT2D eigenvalue weighted by Gasteiger charge is 2.47. The van der Waals surface area contributed by atoms with E-state index in [4.69, 9.17) is 18.9 Å². The Morgan fingerprint density at radius 1 is 1.10 bits per heavy atom. The molecule has 0 radical (unpaired) electrons. The average Bonchev–Trinajstić information content (AvgIpc) is 3.50. The standard InChI is InChI=1S/C29H39NO12/c1-39-27(38)21-15-40-28(42-29-25(35)24(34)23(33)22(14-32)41-29)20(11-16-4-2-3-5-16)19(21)7-6-17-10-18(26(36)37)13-30(12-17)8-9-31/h6-7,10-11,13,15,19-20,22-25,28-29,31-35H,2-5,8-9,12,14H2,1H3,(H,36,37)/b7-6+/t19-,20+,22+,23+,24-,25+,28-,29-/m0/s1. The highest BCUT2D eigenvalue weighted by Crippen LogP contribution is 2.39. The Bertz CT molecular complexity index is 1130. The Morgan fingerprint density at radius 3 is 2.48 bits per heavy atom. The molecule has 0 amide bonds. The summed E-state index contributed by atoms with van der Waals surface area (Å²) in [5, 5.41) is 59.5. The van der Waals surface area contributed by atoms with Gasteiger partial charge >= 0.3 is 11.9 Å². The van der Waals surface area contributed by atoms with Crippen LogP contribution in [0.25, 0.3) is 0 Å². The van der Waals surface area contributed by atoms with Gasteiger partial charge in [-0.15, -0.1) is 0 Å². The molecule has 0 aromatic carbocycles. The number of aliphatic hydroxyl groups is 5. The Hall–Kier alpha value is -3.04. The van der Waals surface area contributed by atoms with Gasteiger partial charge in [0.05, 0.1) is 43.6 Å². The number of ether oxygens (including phenoxy) is 4. The van der Waals surface area contributed by atoms with E-state index < -0.39 is 67.4 Å². The van der Waals surface area contributed by atoms with Gasteiger partial charge in [-0.3, -0.25) is 0 Å². The number of aliphatic hydroxyl groups excluding tert-OH is 5. The van der Waals surface area contributed by atoms with Crippen molar-refractivity contribution in [2.45, 2.75) is 62.7 Å². The molecule has 3 heterocycles. The maximum absolute atomic E-state index is 12.8. The number of β-amino-alcohol motifs (C(OH)–C–C–N with tert-alkyl or cyclic N) is 1. The number of carboxylic acid groups (broad SMARTS) is 1. The number of aliphatic carboxylic acids is 1. The first-order valence-electron chi connectivity index (χ1n) is 13.9. The molecule has 0 spiro atoms. The zero-order chi connectivity index (χ0) is 30.4. The molecular weight excluding hydrogens is 554 g/mol. The third-order valence-corrected chi connectivity index (χ3v) is 7.83. The number of hydrogen-bond acceptors (Lipinski definition) is 12. The summed E-state index contributed by atoms with van der Waals surface area (Å²) in [7, 11) is 1.24. The fourth-order valence-corrected chi connectivity index (χ4v) is 5.58. The summed E-state index contributed by atoms with van der Waals surface area (Å²) in [6, 6.07) is 0. The van der Waals surface area contributed by atoms with Crippen LogP contribution in [0, 0.1) is 11.8 Å². The molecule has 232 valence electrons. The molecule has 0 aromatic rings. The molecule has 1 saturated heterocycles. The van der Waals surface area contributed by atoms with Gasteiger partial charge in [0, 0.05) is 25.2 Å². The van der Waals surface area contributed by atoms with Gasteiger partial charge in [-0.1, -0.05) is 23.8 Å². The van der Waals surface area contributed by atoms with Crippen molar-refractivity contribution in [3.8, 4) is 0 Å². The van der Waals surface area contributed by atoms with Crippen molar-refractivity contribution < 1.29 is 59.2 Å². The normalized spacial score (nSPS) is 33.5. The second kappa shape index (κ2) is 14.4. The fraction of sp³-hybridized carbons (Fsp3) is 0.586. The second-order valence-electron chi connectivity index (χ2n) is 10.7. The molecule has 6 N–H and O–H groups in total. The molecule has 0 aromatic heterocycles. The van der Waals surface area contributed by atoms with Crippen molar-refractivity contribution in [3.63, 3.8) is 0 Å². The van der Waals surface area contributed by atoms with Crippen LogP contribution in [-0.2, 0) is 28.5 Å². The maximum atomic E-state index is 12.8. The van der Waals surface area contributed by atoms with Crippen LogP contribution in [0.1, 0.15) is 25.7 Å². The largest absolute Gasteiger partial charge is 0.478 e. The number of carboxylic acids is 1. The number of esters is 1. The highest BCUT2D eigenvalue weighted by molar-refractivity contribution is 5.90. The Labute approximate surface area is 243 Å². The van der Waals surface area contributed by atoms with Gasteiger partial charge in [-0.25, -0.2) is 9.59 Å². The van der Waals surface area contributed by atoms with E-state index >= 15 is 0 Å². The highest BCUT2D eigenvalue weighted by atomic mass is 16.8. The maximum Gasteiger partial charge on any atom is 0.337 e. The van der Waals surface area contributed by atoms with Crippen molar-refractivity contribution in [1.82, 2.24) is 4.90 Å². The predicted octanol–water partition coefficient (Wildman–Crippen LogP) is -0.292. The molecule has 3 aliphatic heterocycles. The van der Waals surface area contributed by atoms with Gasteiger partial charge in [0.15, 0.2) is 6.29 Å². The zero-order valence-corrected chi connectivity index (χ0v) is 23.3. The zero-order valence-electron chi connectivity index (χ0n) is 23.3. The molecule has 13 nitrogen and oxygen atoms in total. The van der Waals surface area contributed by atoms with Crippen molar-refractivity contribution in [2.75, 3.05) is 33.4 Å². The first-order valence-corrected chi connectivity index (χ1v) is 13.9. The van der Waals surface area contributed by atoms with E-state index in [0.29, 0.717) is 12.1 Å². The molecule has 13 heteroatoms. The molecule has 4 aliphatic rings. The quantitative estimate of drug-likeness (QED) is 0.143. The number of nitrogens with zero attached hydrogens (tertiary/aromatic N) is 1.